The van der Waals surface area contributed by atoms with E-state index in [0.717, 1.165) is 16.9 Å². The summed E-state index contributed by atoms with van der Waals surface area (Å²) in [5.41, 5.74) is 4.19. The zero-order valence-corrected chi connectivity index (χ0v) is 11.3. The van der Waals surface area contributed by atoms with Gasteiger partial charge in [-0.25, -0.2) is 9.97 Å². The van der Waals surface area contributed by atoms with E-state index in [4.69, 9.17) is 4.42 Å². The van der Waals surface area contributed by atoms with Gasteiger partial charge in [-0.05, 0) is 19.1 Å². The third kappa shape index (κ3) is 1.42. The lowest BCUT2D eigenvalue weighted by atomic mass is 10.1. The monoisotopic (exact) mass is 263 g/mol. The van der Waals surface area contributed by atoms with Crippen LogP contribution in [0.3, 0.4) is 0 Å². The second kappa shape index (κ2) is 3.93. The van der Waals surface area contributed by atoms with Gasteiger partial charge in [-0.1, -0.05) is 18.2 Å². The average Bonchev–Trinajstić information content (AvgIpc) is 3.08. The van der Waals surface area contributed by atoms with E-state index < -0.39 is 0 Å². The van der Waals surface area contributed by atoms with E-state index >= 15 is 0 Å². The first-order chi connectivity index (χ1) is 9.75. The number of hydrogen-bond donors (Lipinski definition) is 0. The molecule has 0 aliphatic carbocycles. The summed E-state index contributed by atoms with van der Waals surface area (Å²) in [5, 5.41) is 2.43. The van der Waals surface area contributed by atoms with Gasteiger partial charge >= 0.3 is 0 Å². The first-order valence-corrected chi connectivity index (χ1v) is 6.49. The molecule has 0 spiro atoms. The number of aryl methyl sites for hydroxylation is 2. The average molecular weight is 263 g/mol. The molecule has 4 rings (SSSR count). The van der Waals surface area contributed by atoms with Gasteiger partial charge in [0, 0.05) is 23.3 Å². The fourth-order valence-electron chi connectivity index (χ4n) is 2.88. The number of nitrogens with zero attached hydrogens (tertiary/aromatic N) is 3. The van der Waals surface area contributed by atoms with E-state index in [1.165, 1.54) is 22.7 Å². The summed E-state index contributed by atoms with van der Waals surface area (Å²) in [7, 11) is 2.08. The van der Waals surface area contributed by atoms with Crippen molar-refractivity contribution in [2.24, 2.45) is 7.05 Å². The first kappa shape index (κ1) is 11.2. The molecule has 20 heavy (non-hydrogen) atoms. The molecule has 4 aromatic rings. The Kier molecular flexibility index (Phi) is 2.21. The SMILES string of the molecule is Cc1nc(-c2cnco2)cc2c3ccccc3n(C)c12. The van der Waals surface area contributed by atoms with Crippen LogP contribution in [0, 0.1) is 6.92 Å². The van der Waals surface area contributed by atoms with Gasteiger partial charge in [0.2, 0.25) is 0 Å². The van der Waals surface area contributed by atoms with Gasteiger partial charge in [0.25, 0.3) is 0 Å². The Labute approximate surface area is 115 Å². The zero-order valence-electron chi connectivity index (χ0n) is 11.3. The fourth-order valence-corrected chi connectivity index (χ4v) is 2.88. The molecular weight excluding hydrogens is 250 g/mol. The molecule has 0 fully saturated rings. The molecule has 0 unspecified atom stereocenters. The van der Waals surface area contributed by atoms with E-state index in [9.17, 15) is 0 Å². The molecule has 3 aromatic heterocycles. The van der Waals surface area contributed by atoms with Crippen molar-refractivity contribution < 1.29 is 4.42 Å². The van der Waals surface area contributed by atoms with Crippen molar-refractivity contribution in [1.29, 1.82) is 0 Å². The quantitative estimate of drug-likeness (QED) is 0.526. The Morgan fingerprint density at radius 3 is 2.80 bits per heavy atom. The van der Waals surface area contributed by atoms with Crippen LogP contribution in [0.4, 0.5) is 0 Å². The second-order valence-corrected chi connectivity index (χ2v) is 4.93. The molecular formula is C16H13N3O. The third-order valence-electron chi connectivity index (χ3n) is 3.74. The predicted octanol–water partition coefficient (Wildman–Crippen LogP) is 3.69. The summed E-state index contributed by atoms with van der Waals surface area (Å²) in [6.07, 6.45) is 3.12. The number of para-hydroxylation sites is 1. The number of oxazole rings is 1. The summed E-state index contributed by atoms with van der Waals surface area (Å²) in [6, 6.07) is 10.5. The van der Waals surface area contributed by atoms with Crippen molar-refractivity contribution in [1.82, 2.24) is 14.5 Å². The number of rotatable bonds is 1. The Balaban J connectivity index is 2.16. The molecule has 4 nitrogen and oxygen atoms in total. The van der Waals surface area contributed by atoms with Crippen molar-refractivity contribution >= 4 is 21.8 Å². The van der Waals surface area contributed by atoms with Crippen molar-refractivity contribution in [3.63, 3.8) is 0 Å². The van der Waals surface area contributed by atoms with E-state index in [1.54, 1.807) is 6.20 Å². The van der Waals surface area contributed by atoms with Crippen LogP contribution in [-0.2, 0) is 7.05 Å². The topological polar surface area (TPSA) is 43.9 Å². The Morgan fingerprint density at radius 1 is 1.15 bits per heavy atom. The van der Waals surface area contributed by atoms with Gasteiger partial charge < -0.3 is 8.98 Å². The molecule has 4 heteroatoms. The molecule has 1 aromatic carbocycles. The summed E-state index contributed by atoms with van der Waals surface area (Å²) >= 11 is 0. The highest BCUT2D eigenvalue weighted by Crippen LogP contribution is 2.32. The van der Waals surface area contributed by atoms with Crippen LogP contribution in [0.2, 0.25) is 0 Å². The summed E-state index contributed by atoms with van der Waals surface area (Å²) < 4.78 is 7.55. The van der Waals surface area contributed by atoms with Crippen molar-refractivity contribution in [2.75, 3.05) is 0 Å². The number of pyridine rings is 1. The lowest BCUT2D eigenvalue weighted by Gasteiger charge is -2.03. The molecule has 0 aliphatic rings. The van der Waals surface area contributed by atoms with E-state index in [-0.39, 0.29) is 0 Å². The molecule has 3 heterocycles. The zero-order chi connectivity index (χ0) is 13.7. The highest BCUT2D eigenvalue weighted by Gasteiger charge is 2.14. The van der Waals surface area contributed by atoms with Crippen LogP contribution >= 0.6 is 0 Å². The highest BCUT2D eigenvalue weighted by atomic mass is 16.3. The van der Waals surface area contributed by atoms with Crippen LogP contribution < -0.4 is 0 Å². The van der Waals surface area contributed by atoms with Crippen molar-refractivity contribution in [3.8, 4) is 11.5 Å². The van der Waals surface area contributed by atoms with Gasteiger partial charge in [-0.2, -0.15) is 0 Å². The third-order valence-corrected chi connectivity index (χ3v) is 3.74. The minimum atomic E-state index is 0.697. The number of aromatic nitrogens is 3. The Hall–Kier alpha value is -2.62. The van der Waals surface area contributed by atoms with Gasteiger partial charge in [-0.3, -0.25) is 0 Å². The normalized spacial score (nSPS) is 11.5. The Bertz CT molecular complexity index is 920. The molecule has 0 amide bonds. The highest BCUT2D eigenvalue weighted by molar-refractivity contribution is 6.09. The van der Waals surface area contributed by atoms with Crippen molar-refractivity contribution in [3.05, 3.63) is 48.6 Å². The number of benzene rings is 1. The maximum Gasteiger partial charge on any atom is 0.181 e. The fraction of sp³-hybridized carbons (Fsp3) is 0.125. The molecule has 0 bridgehead atoms. The largest absolute Gasteiger partial charge is 0.442 e. The molecule has 98 valence electrons. The lowest BCUT2D eigenvalue weighted by molar-refractivity contribution is 0.570. The van der Waals surface area contributed by atoms with E-state index in [1.807, 2.05) is 6.92 Å². The molecule has 0 atom stereocenters. The molecule has 0 N–H and O–H groups in total. The van der Waals surface area contributed by atoms with Crippen LogP contribution in [0.5, 0.6) is 0 Å². The van der Waals surface area contributed by atoms with Gasteiger partial charge in [0.15, 0.2) is 12.2 Å². The summed E-state index contributed by atoms with van der Waals surface area (Å²) in [4.78, 5) is 8.61. The summed E-state index contributed by atoms with van der Waals surface area (Å²) in [5.74, 6) is 0.697. The van der Waals surface area contributed by atoms with Crippen LogP contribution in [0.15, 0.2) is 47.3 Å². The maximum absolute atomic E-state index is 5.36. The summed E-state index contributed by atoms with van der Waals surface area (Å²) in [6.45, 7) is 2.03. The van der Waals surface area contributed by atoms with Gasteiger partial charge in [-0.15, -0.1) is 0 Å². The minimum Gasteiger partial charge on any atom is -0.442 e. The van der Waals surface area contributed by atoms with Gasteiger partial charge in [0.1, 0.15) is 5.69 Å². The number of fused-ring (bicyclic) bond motifs is 3. The molecule has 0 radical (unpaired) electrons. The Morgan fingerprint density at radius 2 is 2.00 bits per heavy atom. The lowest BCUT2D eigenvalue weighted by Crippen LogP contribution is -1.93. The van der Waals surface area contributed by atoms with Gasteiger partial charge in [0.05, 0.1) is 17.4 Å². The standard InChI is InChI=1S/C16H13N3O/c1-10-16-12(7-13(18-10)15-8-17-9-20-15)11-5-3-4-6-14(11)19(16)2/h3-9H,1-2H3. The number of hydrogen-bond acceptors (Lipinski definition) is 3. The smallest absolute Gasteiger partial charge is 0.181 e. The van der Waals surface area contributed by atoms with E-state index in [0.29, 0.717) is 5.76 Å². The van der Waals surface area contributed by atoms with Crippen LogP contribution in [0.1, 0.15) is 5.69 Å². The predicted molar refractivity (Wildman–Crippen MR) is 78.5 cm³/mol. The second-order valence-electron chi connectivity index (χ2n) is 4.93. The van der Waals surface area contributed by atoms with E-state index in [2.05, 4.69) is 51.9 Å². The first-order valence-electron chi connectivity index (χ1n) is 6.49. The maximum atomic E-state index is 5.36. The van der Waals surface area contributed by atoms with Crippen LogP contribution in [-0.4, -0.2) is 14.5 Å². The van der Waals surface area contributed by atoms with Crippen molar-refractivity contribution in [2.45, 2.75) is 6.92 Å². The molecule has 0 saturated heterocycles. The molecule has 0 aliphatic heterocycles. The molecule has 0 saturated carbocycles. The minimum absolute atomic E-state index is 0.697. The van der Waals surface area contributed by atoms with Crippen LogP contribution in [0.25, 0.3) is 33.3 Å².